The molecule has 1 aromatic carbocycles. The van der Waals surface area contributed by atoms with Crippen LogP contribution in [0.5, 0.6) is 0 Å². The lowest BCUT2D eigenvalue weighted by molar-refractivity contribution is 0.0979. The van der Waals surface area contributed by atoms with E-state index >= 15 is 0 Å². The summed E-state index contributed by atoms with van der Waals surface area (Å²) < 4.78 is 22.9. The van der Waals surface area contributed by atoms with Crippen molar-refractivity contribution in [3.8, 4) is 0 Å². The molecule has 0 aliphatic rings. The van der Waals surface area contributed by atoms with Crippen molar-refractivity contribution in [1.29, 1.82) is 0 Å². The standard InChI is InChI=1S/C15H22O3S/c1-3-4-5-6-7-11-15(16)13-9-8-10-14(12-13)19(2,17)18/h8-10,12H,3-7,11H2,1-2H3. The van der Waals surface area contributed by atoms with Gasteiger partial charge in [0.1, 0.15) is 0 Å². The van der Waals surface area contributed by atoms with Gasteiger partial charge in [-0.15, -0.1) is 0 Å². The Kier molecular flexibility index (Phi) is 6.22. The minimum atomic E-state index is -3.24. The first-order valence-electron chi connectivity index (χ1n) is 6.78. The molecule has 1 rings (SSSR count). The van der Waals surface area contributed by atoms with E-state index in [0.29, 0.717) is 12.0 Å². The quantitative estimate of drug-likeness (QED) is 0.540. The maximum Gasteiger partial charge on any atom is 0.175 e. The van der Waals surface area contributed by atoms with Gasteiger partial charge in [0.25, 0.3) is 0 Å². The number of hydrogen-bond acceptors (Lipinski definition) is 3. The molecule has 3 nitrogen and oxygen atoms in total. The maximum absolute atomic E-state index is 12.0. The van der Waals surface area contributed by atoms with Crippen molar-refractivity contribution < 1.29 is 13.2 Å². The van der Waals surface area contributed by atoms with Crippen LogP contribution in [0.25, 0.3) is 0 Å². The van der Waals surface area contributed by atoms with Crippen LogP contribution in [0.3, 0.4) is 0 Å². The molecule has 4 heteroatoms. The average molecular weight is 282 g/mol. The van der Waals surface area contributed by atoms with Gasteiger partial charge in [0.05, 0.1) is 4.90 Å². The Morgan fingerprint density at radius 3 is 2.42 bits per heavy atom. The molecule has 0 N–H and O–H groups in total. The molecule has 0 saturated carbocycles. The molecule has 0 aliphatic heterocycles. The molecule has 0 atom stereocenters. The van der Waals surface area contributed by atoms with Crippen molar-refractivity contribution in [2.24, 2.45) is 0 Å². The van der Waals surface area contributed by atoms with E-state index in [4.69, 9.17) is 0 Å². The first-order valence-corrected chi connectivity index (χ1v) is 8.67. The highest BCUT2D eigenvalue weighted by Crippen LogP contribution is 2.14. The zero-order valence-corrected chi connectivity index (χ0v) is 12.5. The first kappa shape index (κ1) is 15.9. The highest BCUT2D eigenvalue weighted by molar-refractivity contribution is 7.90. The second kappa shape index (κ2) is 7.43. The van der Waals surface area contributed by atoms with E-state index in [1.807, 2.05) is 0 Å². The van der Waals surface area contributed by atoms with Gasteiger partial charge in [0.2, 0.25) is 0 Å². The molecule has 0 unspecified atom stereocenters. The van der Waals surface area contributed by atoms with Crippen LogP contribution in [-0.2, 0) is 9.84 Å². The van der Waals surface area contributed by atoms with Crippen LogP contribution in [0.2, 0.25) is 0 Å². The minimum absolute atomic E-state index is 0.0296. The van der Waals surface area contributed by atoms with Crippen LogP contribution in [0.1, 0.15) is 55.8 Å². The summed E-state index contributed by atoms with van der Waals surface area (Å²) in [5.41, 5.74) is 0.499. The van der Waals surface area contributed by atoms with Crippen LogP contribution < -0.4 is 0 Å². The van der Waals surface area contributed by atoms with Crippen molar-refractivity contribution in [2.75, 3.05) is 6.26 Å². The maximum atomic E-state index is 12.0. The van der Waals surface area contributed by atoms with Crippen LogP contribution in [-0.4, -0.2) is 20.5 Å². The Hall–Kier alpha value is -1.16. The van der Waals surface area contributed by atoms with E-state index in [0.717, 1.165) is 25.5 Å². The second-order valence-electron chi connectivity index (χ2n) is 4.89. The molecule has 0 radical (unpaired) electrons. The molecular weight excluding hydrogens is 260 g/mol. The third-order valence-corrected chi connectivity index (χ3v) is 4.20. The topological polar surface area (TPSA) is 51.2 Å². The molecule has 0 heterocycles. The van der Waals surface area contributed by atoms with Crippen LogP contribution in [0.4, 0.5) is 0 Å². The van der Waals surface area contributed by atoms with Gasteiger partial charge in [-0.05, 0) is 18.6 Å². The van der Waals surface area contributed by atoms with Gasteiger partial charge in [0, 0.05) is 18.2 Å². The number of benzene rings is 1. The summed E-state index contributed by atoms with van der Waals surface area (Å²) in [4.78, 5) is 12.2. The van der Waals surface area contributed by atoms with Gasteiger partial charge < -0.3 is 0 Å². The van der Waals surface area contributed by atoms with Gasteiger partial charge in [0.15, 0.2) is 15.6 Å². The number of hydrogen-bond donors (Lipinski definition) is 0. The molecule has 19 heavy (non-hydrogen) atoms. The summed E-state index contributed by atoms with van der Waals surface area (Å²) in [5.74, 6) is 0.0296. The smallest absolute Gasteiger partial charge is 0.175 e. The number of sulfone groups is 1. The largest absolute Gasteiger partial charge is 0.294 e. The van der Waals surface area contributed by atoms with E-state index in [1.54, 1.807) is 12.1 Å². The van der Waals surface area contributed by atoms with Gasteiger partial charge in [-0.3, -0.25) is 4.79 Å². The summed E-state index contributed by atoms with van der Waals surface area (Å²) >= 11 is 0. The predicted octanol–water partition coefficient (Wildman–Crippen LogP) is 3.63. The van der Waals surface area contributed by atoms with E-state index in [2.05, 4.69) is 6.92 Å². The van der Waals surface area contributed by atoms with Gasteiger partial charge in [-0.25, -0.2) is 8.42 Å². The molecule has 0 bridgehead atoms. The summed E-state index contributed by atoms with van der Waals surface area (Å²) in [6.07, 6.45) is 7.14. The summed E-state index contributed by atoms with van der Waals surface area (Å²) in [5, 5.41) is 0. The number of carbonyl (C=O) groups excluding carboxylic acids is 1. The van der Waals surface area contributed by atoms with Crippen molar-refractivity contribution >= 4 is 15.6 Å². The Morgan fingerprint density at radius 2 is 1.79 bits per heavy atom. The molecular formula is C15H22O3S. The van der Waals surface area contributed by atoms with Gasteiger partial charge in [-0.2, -0.15) is 0 Å². The fourth-order valence-electron chi connectivity index (χ4n) is 1.93. The zero-order chi connectivity index (χ0) is 14.3. The minimum Gasteiger partial charge on any atom is -0.294 e. The SMILES string of the molecule is CCCCCCCC(=O)c1cccc(S(C)(=O)=O)c1. The lowest BCUT2D eigenvalue weighted by atomic mass is 10.0. The van der Waals surface area contributed by atoms with Crippen molar-refractivity contribution in [1.82, 2.24) is 0 Å². The number of unbranched alkanes of at least 4 members (excludes halogenated alkanes) is 4. The predicted molar refractivity (Wildman–Crippen MR) is 77.3 cm³/mol. The van der Waals surface area contributed by atoms with E-state index < -0.39 is 9.84 Å². The number of rotatable bonds is 8. The normalized spacial score (nSPS) is 11.5. The monoisotopic (exact) mass is 282 g/mol. The summed E-state index contributed by atoms with van der Waals surface area (Å²) in [7, 11) is -3.24. The molecule has 0 amide bonds. The van der Waals surface area contributed by atoms with Gasteiger partial charge >= 0.3 is 0 Å². The molecule has 0 spiro atoms. The van der Waals surface area contributed by atoms with Crippen molar-refractivity contribution in [3.63, 3.8) is 0 Å². The highest BCUT2D eigenvalue weighted by atomic mass is 32.2. The lowest BCUT2D eigenvalue weighted by Gasteiger charge is -2.04. The number of Topliss-reactive ketones (excluding diaryl/α,β-unsaturated/α-hetero) is 1. The molecule has 106 valence electrons. The van der Waals surface area contributed by atoms with E-state index in [9.17, 15) is 13.2 Å². The van der Waals surface area contributed by atoms with E-state index in [-0.39, 0.29) is 10.7 Å². The van der Waals surface area contributed by atoms with Crippen LogP contribution >= 0.6 is 0 Å². The summed E-state index contributed by atoms with van der Waals surface area (Å²) in [6, 6.07) is 6.31. The first-order chi connectivity index (χ1) is 8.95. The fourth-order valence-corrected chi connectivity index (χ4v) is 2.60. The fraction of sp³-hybridized carbons (Fsp3) is 0.533. The molecule has 0 saturated heterocycles. The van der Waals surface area contributed by atoms with Crippen molar-refractivity contribution in [2.45, 2.75) is 50.3 Å². The Balaban J connectivity index is 2.58. The van der Waals surface area contributed by atoms with Crippen LogP contribution in [0.15, 0.2) is 29.2 Å². The molecule has 0 aliphatic carbocycles. The zero-order valence-electron chi connectivity index (χ0n) is 11.7. The van der Waals surface area contributed by atoms with Gasteiger partial charge in [-0.1, -0.05) is 44.7 Å². The lowest BCUT2D eigenvalue weighted by Crippen LogP contribution is -2.03. The number of carbonyl (C=O) groups is 1. The molecule has 0 fully saturated rings. The van der Waals surface area contributed by atoms with E-state index in [1.165, 1.54) is 25.0 Å². The third-order valence-electron chi connectivity index (χ3n) is 3.09. The highest BCUT2D eigenvalue weighted by Gasteiger charge is 2.11. The summed E-state index contributed by atoms with van der Waals surface area (Å²) in [6.45, 7) is 2.15. The number of ketones is 1. The molecule has 0 aromatic heterocycles. The third kappa shape index (κ3) is 5.55. The Labute approximate surface area is 116 Å². The van der Waals surface area contributed by atoms with Crippen molar-refractivity contribution in [3.05, 3.63) is 29.8 Å². The average Bonchev–Trinajstić information content (AvgIpc) is 2.37. The Bertz CT molecular complexity index is 518. The second-order valence-corrected chi connectivity index (χ2v) is 6.90. The Morgan fingerprint density at radius 1 is 1.11 bits per heavy atom. The molecule has 1 aromatic rings. The van der Waals surface area contributed by atoms with Crippen LogP contribution in [0, 0.1) is 0 Å².